The largest absolute Gasteiger partial charge is 0.508 e. The van der Waals surface area contributed by atoms with Crippen molar-refractivity contribution in [3.8, 4) is 5.75 Å². The Balaban J connectivity index is 2.22. The van der Waals surface area contributed by atoms with E-state index < -0.39 is 17.7 Å². The second-order valence-electron chi connectivity index (χ2n) is 3.46. The molecule has 0 aliphatic carbocycles. The average Bonchev–Trinajstić information content (AvgIpc) is 2.28. The van der Waals surface area contributed by atoms with E-state index in [2.05, 4.69) is 10.3 Å². The number of aromatic nitrogens is 1. The molecule has 2 rings (SSSR count). The van der Waals surface area contributed by atoms with Crippen LogP contribution in [0.15, 0.2) is 36.4 Å². The predicted molar refractivity (Wildman–Crippen MR) is 60.2 cm³/mol. The number of phenolic OH excluding ortho intramolecular Hbond substituents is 1. The lowest BCUT2D eigenvalue weighted by Crippen LogP contribution is -2.14. The number of halogens is 2. The standard InChI is InChI=1S/C12H8F2N2O2/c13-9-6-7(17)4-5-8(9)12(18)16-11-3-1-2-10(14)15-11/h1-6,17H,(H,15,16,18). The van der Waals surface area contributed by atoms with E-state index in [1.54, 1.807) is 0 Å². The van der Waals surface area contributed by atoms with Gasteiger partial charge in [-0.1, -0.05) is 6.07 Å². The van der Waals surface area contributed by atoms with Crippen molar-refractivity contribution in [1.82, 2.24) is 4.98 Å². The summed E-state index contributed by atoms with van der Waals surface area (Å²) in [4.78, 5) is 15.1. The van der Waals surface area contributed by atoms with Gasteiger partial charge in [-0.25, -0.2) is 9.37 Å². The second kappa shape index (κ2) is 4.79. The lowest BCUT2D eigenvalue weighted by atomic mass is 10.2. The lowest BCUT2D eigenvalue weighted by molar-refractivity contribution is 0.102. The molecule has 0 fully saturated rings. The van der Waals surface area contributed by atoms with Crippen molar-refractivity contribution >= 4 is 11.7 Å². The van der Waals surface area contributed by atoms with Crippen LogP contribution in [0, 0.1) is 11.8 Å². The first-order valence-corrected chi connectivity index (χ1v) is 4.98. The zero-order chi connectivity index (χ0) is 13.1. The van der Waals surface area contributed by atoms with Crippen LogP contribution in [0.1, 0.15) is 10.4 Å². The Hall–Kier alpha value is -2.50. The molecular formula is C12H8F2N2O2. The van der Waals surface area contributed by atoms with Crippen molar-refractivity contribution in [2.75, 3.05) is 5.32 Å². The molecule has 1 aromatic heterocycles. The molecule has 1 heterocycles. The first-order chi connectivity index (χ1) is 8.56. The SMILES string of the molecule is O=C(Nc1cccc(F)n1)c1ccc(O)cc1F. The highest BCUT2D eigenvalue weighted by atomic mass is 19.1. The maximum atomic E-state index is 13.4. The molecule has 0 bridgehead atoms. The molecule has 0 saturated heterocycles. The topological polar surface area (TPSA) is 62.2 Å². The molecule has 0 radical (unpaired) electrons. The fourth-order valence-corrected chi connectivity index (χ4v) is 1.35. The normalized spacial score (nSPS) is 10.1. The van der Waals surface area contributed by atoms with Crippen LogP contribution in [0.5, 0.6) is 5.75 Å². The number of benzene rings is 1. The van der Waals surface area contributed by atoms with Crippen LogP contribution >= 0.6 is 0 Å². The molecule has 2 aromatic rings. The second-order valence-corrected chi connectivity index (χ2v) is 3.46. The van der Waals surface area contributed by atoms with Crippen molar-refractivity contribution in [2.45, 2.75) is 0 Å². The van der Waals surface area contributed by atoms with Crippen molar-refractivity contribution in [3.05, 3.63) is 53.7 Å². The molecule has 18 heavy (non-hydrogen) atoms. The summed E-state index contributed by atoms with van der Waals surface area (Å²) in [6.07, 6.45) is 0. The van der Waals surface area contributed by atoms with E-state index in [9.17, 15) is 13.6 Å². The molecule has 0 aliphatic rings. The number of aromatic hydroxyl groups is 1. The molecule has 0 atom stereocenters. The summed E-state index contributed by atoms with van der Waals surface area (Å²) in [5.74, 6) is -2.70. The Morgan fingerprint density at radius 2 is 2.00 bits per heavy atom. The van der Waals surface area contributed by atoms with Crippen molar-refractivity contribution in [3.63, 3.8) is 0 Å². The fourth-order valence-electron chi connectivity index (χ4n) is 1.35. The van der Waals surface area contributed by atoms with Crippen molar-refractivity contribution < 1.29 is 18.7 Å². The van der Waals surface area contributed by atoms with E-state index in [1.165, 1.54) is 18.2 Å². The van der Waals surface area contributed by atoms with Crippen LogP contribution in [0.2, 0.25) is 0 Å². The van der Waals surface area contributed by atoms with Crippen LogP contribution < -0.4 is 5.32 Å². The number of anilines is 1. The van der Waals surface area contributed by atoms with Gasteiger partial charge < -0.3 is 10.4 Å². The zero-order valence-corrected chi connectivity index (χ0v) is 9.02. The Morgan fingerprint density at radius 3 is 2.67 bits per heavy atom. The monoisotopic (exact) mass is 250 g/mol. The van der Waals surface area contributed by atoms with Crippen LogP contribution in [-0.4, -0.2) is 16.0 Å². The third-order valence-corrected chi connectivity index (χ3v) is 2.15. The molecule has 6 heteroatoms. The van der Waals surface area contributed by atoms with Gasteiger partial charge in [0.15, 0.2) is 0 Å². The Labute approximate surface area is 101 Å². The Morgan fingerprint density at radius 1 is 1.22 bits per heavy atom. The van der Waals surface area contributed by atoms with E-state index in [0.29, 0.717) is 0 Å². The number of nitrogens with zero attached hydrogens (tertiary/aromatic N) is 1. The summed E-state index contributed by atoms with van der Waals surface area (Å²) >= 11 is 0. The van der Waals surface area contributed by atoms with Gasteiger partial charge in [0.25, 0.3) is 5.91 Å². The van der Waals surface area contributed by atoms with Crippen LogP contribution in [0.3, 0.4) is 0 Å². The summed E-state index contributed by atoms with van der Waals surface area (Å²) in [7, 11) is 0. The number of carbonyl (C=O) groups is 1. The molecule has 0 unspecified atom stereocenters. The highest BCUT2D eigenvalue weighted by Gasteiger charge is 2.13. The van der Waals surface area contributed by atoms with Gasteiger partial charge in [0.1, 0.15) is 17.4 Å². The van der Waals surface area contributed by atoms with Gasteiger partial charge >= 0.3 is 0 Å². The molecule has 1 aromatic carbocycles. The van der Waals surface area contributed by atoms with E-state index in [4.69, 9.17) is 5.11 Å². The Kier molecular flexibility index (Phi) is 3.18. The van der Waals surface area contributed by atoms with Gasteiger partial charge in [0.2, 0.25) is 5.95 Å². The minimum Gasteiger partial charge on any atom is -0.508 e. The highest BCUT2D eigenvalue weighted by molar-refractivity contribution is 6.04. The summed E-state index contributed by atoms with van der Waals surface area (Å²) in [5, 5.41) is 11.3. The molecule has 2 N–H and O–H groups in total. The molecule has 0 aliphatic heterocycles. The van der Waals surface area contributed by atoms with Crippen LogP contribution in [0.25, 0.3) is 0 Å². The maximum Gasteiger partial charge on any atom is 0.259 e. The van der Waals surface area contributed by atoms with Crippen molar-refractivity contribution in [1.29, 1.82) is 0 Å². The molecule has 0 spiro atoms. The number of nitrogens with one attached hydrogen (secondary N) is 1. The summed E-state index contributed by atoms with van der Waals surface area (Å²) in [5.41, 5.74) is -0.265. The minimum atomic E-state index is -0.871. The number of pyridine rings is 1. The van der Waals surface area contributed by atoms with E-state index in [-0.39, 0.29) is 17.1 Å². The smallest absolute Gasteiger partial charge is 0.259 e. The number of carbonyl (C=O) groups excluding carboxylic acids is 1. The summed E-state index contributed by atoms with van der Waals surface area (Å²) in [6, 6.07) is 6.98. The lowest BCUT2D eigenvalue weighted by Gasteiger charge is -2.05. The first-order valence-electron chi connectivity index (χ1n) is 4.98. The molecular weight excluding hydrogens is 242 g/mol. The van der Waals surface area contributed by atoms with Gasteiger partial charge in [-0.3, -0.25) is 4.79 Å². The predicted octanol–water partition coefficient (Wildman–Crippen LogP) is 2.32. The van der Waals surface area contributed by atoms with Gasteiger partial charge in [0, 0.05) is 6.07 Å². The van der Waals surface area contributed by atoms with Crippen LogP contribution in [-0.2, 0) is 0 Å². The maximum absolute atomic E-state index is 13.4. The van der Waals surface area contributed by atoms with Gasteiger partial charge in [-0.2, -0.15) is 4.39 Å². The average molecular weight is 250 g/mol. The number of amides is 1. The van der Waals surface area contributed by atoms with Gasteiger partial charge in [-0.15, -0.1) is 0 Å². The molecule has 0 saturated carbocycles. The summed E-state index contributed by atoms with van der Waals surface area (Å²) in [6.45, 7) is 0. The molecule has 1 amide bonds. The Bertz CT molecular complexity index is 602. The highest BCUT2D eigenvalue weighted by Crippen LogP contribution is 2.16. The fraction of sp³-hybridized carbons (Fsp3) is 0. The van der Waals surface area contributed by atoms with E-state index in [1.807, 2.05) is 0 Å². The van der Waals surface area contributed by atoms with Crippen LogP contribution in [0.4, 0.5) is 14.6 Å². The third kappa shape index (κ3) is 2.60. The summed E-state index contributed by atoms with van der Waals surface area (Å²) < 4.78 is 26.2. The minimum absolute atomic E-state index is 0.0209. The van der Waals surface area contributed by atoms with Gasteiger partial charge in [0.05, 0.1) is 5.56 Å². The van der Waals surface area contributed by atoms with Gasteiger partial charge in [-0.05, 0) is 24.3 Å². The first kappa shape index (κ1) is 12.0. The van der Waals surface area contributed by atoms with E-state index in [0.717, 1.165) is 18.2 Å². The molecule has 92 valence electrons. The third-order valence-electron chi connectivity index (χ3n) is 2.15. The quantitative estimate of drug-likeness (QED) is 0.804. The number of hydrogen-bond donors (Lipinski definition) is 2. The van der Waals surface area contributed by atoms with Crippen molar-refractivity contribution in [2.24, 2.45) is 0 Å². The van der Waals surface area contributed by atoms with E-state index >= 15 is 0 Å². The number of phenols is 1. The number of hydrogen-bond acceptors (Lipinski definition) is 3. The number of rotatable bonds is 2. The zero-order valence-electron chi connectivity index (χ0n) is 9.02. The molecule has 4 nitrogen and oxygen atoms in total.